The summed E-state index contributed by atoms with van der Waals surface area (Å²) >= 11 is 0. The molecule has 1 rings (SSSR count). The Kier molecular flexibility index (Phi) is 1.58. The van der Waals surface area contributed by atoms with Gasteiger partial charge in [0.2, 0.25) is 6.41 Å². The lowest BCUT2D eigenvalue weighted by Crippen LogP contribution is -2.22. The number of hydrogen-bond acceptors (Lipinski definition) is 1. The molecular weight excluding hydrogens is 147 g/mol. The number of hydrogen-bond donors (Lipinski definition) is 1. The maximum atomic E-state index is 11.7. The lowest BCUT2D eigenvalue weighted by Gasteiger charge is -2.02. The minimum atomic E-state index is -4.14. The first-order chi connectivity index (χ1) is 4.55. The molecule has 0 unspecified atom stereocenters. The second kappa shape index (κ2) is 2.14. The third-order valence-corrected chi connectivity index (χ3v) is 1.49. The lowest BCUT2D eigenvalue weighted by molar-refractivity contribution is -0.149. The monoisotopic (exact) mass is 153 g/mol. The van der Waals surface area contributed by atoms with Gasteiger partial charge in [0, 0.05) is 6.04 Å². The van der Waals surface area contributed by atoms with Crippen molar-refractivity contribution >= 4 is 6.41 Å². The Morgan fingerprint density at radius 3 is 2.40 bits per heavy atom. The van der Waals surface area contributed by atoms with Gasteiger partial charge in [-0.3, -0.25) is 4.79 Å². The largest absolute Gasteiger partial charge is 0.393 e. The first kappa shape index (κ1) is 7.37. The smallest absolute Gasteiger partial charge is 0.355 e. The molecule has 2 nitrogen and oxygen atoms in total. The van der Waals surface area contributed by atoms with Crippen LogP contribution in [0.4, 0.5) is 13.2 Å². The van der Waals surface area contributed by atoms with Gasteiger partial charge in [0.1, 0.15) is 0 Å². The van der Waals surface area contributed by atoms with Gasteiger partial charge in [-0.25, -0.2) is 0 Å². The van der Waals surface area contributed by atoms with E-state index in [0.717, 1.165) is 0 Å². The number of nitrogens with one attached hydrogen (secondary N) is 1. The first-order valence-electron chi connectivity index (χ1n) is 2.82. The average Bonchev–Trinajstić information content (AvgIpc) is 2.44. The highest BCUT2D eigenvalue weighted by molar-refractivity contribution is 5.47. The summed E-state index contributed by atoms with van der Waals surface area (Å²) in [7, 11) is 0. The van der Waals surface area contributed by atoms with Gasteiger partial charge >= 0.3 is 6.18 Å². The minimum Gasteiger partial charge on any atom is -0.355 e. The predicted octanol–water partition coefficient (Wildman–Crippen LogP) is 0.683. The van der Waals surface area contributed by atoms with Crippen LogP contribution < -0.4 is 5.32 Å². The van der Waals surface area contributed by atoms with Gasteiger partial charge in [-0.05, 0) is 6.42 Å². The maximum absolute atomic E-state index is 11.7. The Hall–Kier alpha value is -0.740. The number of rotatable bonds is 2. The fraction of sp³-hybridized carbons (Fsp3) is 0.800. The second-order valence-corrected chi connectivity index (χ2v) is 2.27. The molecule has 0 saturated heterocycles. The molecule has 1 aliphatic rings. The first-order valence-corrected chi connectivity index (χ1v) is 2.82. The molecule has 1 amide bonds. The van der Waals surface area contributed by atoms with Crippen molar-refractivity contribution < 1.29 is 18.0 Å². The van der Waals surface area contributed by atoms with Crippen molar-refractivity contribution in [1.82, 2.24) is 5.32 Å². The lowest BCUT2D eigenvalue weighted by atomic mass is 10.4. The van der Waals surface area contributed by atoms with Crippen LogP contribution in [0.1, 0.15) is 6.42 Å². The molecule has 0 radical (unpaired) electrons. The molecule has 0 bridgehead atoms. The van der Waals surface area contributed by atoms with E-state index in [4.69, 9.17) is 0 Å². The van der Waals surface area contributed by atoms with Crippen LogP contribution in [0.3, 0.4) is 0 Å². The van der Waals surface area contributed by atoms with E-state index in [9.17, 15) is 18.0 Å². The van der Waals surface area contributed by atoms with E-state index in [1.54, 1.807) is 0 Å². The van der Waals surface area contributed by atoms with E-state index in [2.05, 4.69) is 5.32 Å². The van der Waals surface area contributed by atoms with Gasteiger partial charge in [0.25, 0.3) is 0 Å². The zero-order valence-corrected chi connectivity index (χ0v) is 4.98. The van der Waals surface area contributed by atoms with Crippen LogP contribution in [-0.4, -0.2) is 18.6 Å². The van der Waals surface area contributed by atoms with Crippen molar-refractivity contribution in [3.63, 3.8) is 0 Å². The van der Waals surface area contributed by atoms with E-state index in [1.165, 1.54) is 0 Å². The number of alkyl halides is 3. The summed E-state index contributed by atoms with van der Waals surface area (Å²) < 4.78 is 35.0. The molecule has 1 aliphatic carbocycles. The second-order valence-electron chi connectivity index (χ2n) is 2.27. The fourth-order valence-corrected chi connectivity index (χ4v) is 0.828. The highest BCUT2D eigenvalue weighted by Gasteiger charge is 2.55. The summed E-state index contributed by atoms with van der Waals surface area (Å²) in [6, 6.07) is -0.669. The van der Waals surface area contributed by atoms with Crippen LogP contribution in [0.2, 0.25) is 0 Å². The zero-order chi connectivity index (χ0) is 7.78. The van der Waals surface area contributed by atoms with Gasteiger partial charge < -0.3 is 5.32 Å². The molecule has 58 valence electrons. The van der Waals surface area contributed by atoms with Crippen molar-refractivity contribution in [2.45, 2.75) is 18.6 Å². The van der Waals surface area contributed by atoms with E-state index in [1.807, 2.05) is 0 Å². The number of carbonyl (C=O) groups excluding carboxylic acids is 1. The Labute approximate surface area is 55.4 Å². The van der Waals surface area contributed by atoms with Crippen molar-refractivity contribution in [2.24, 2.45) is 5.92 Å². The summed E-state index contributed by atoms with van der Waals surface area (Å²) in [6.45, 7) is 0. The topological polar surface area (TPSA) is 29.1 Å². The average molecular weight is 153 g/mol. The normalized spacial score (nSPS) is 31.5. The highest BCUT2D eigenvalue weighted by atomic mass is 19.4. The molecule has 5 heteroatoms. The van der Waals surface area contributed by atoms with Crippen LogP contribution in [0, 0.1) is 5.92 Å². The third kappa shape index (κ3) is 1.40. The molecule has 10 heavy (non-hydrogen) atoms. The Morgan fingerprint density at radius 2 is 2.10 bits per heavy atom. The van der Waals surface area contributed by atoms with Crippen LogP contribution in [0.5, 0.6) is 0 Å². The summed E-state index contributed by atoms with van der Waals surface area (Å²) in [5.74, 6) is -1.31. The van der Waals surface area contributed by atoms with Gasteiger partial charge in [-0.1, -0.05) is 0 Å². The molecule has 0 spiro atoms. The number of carbonyl (C=O) groups is 1. The Bertz CT molecular complexity index is 144. The van der Waals surface area contributed by atoms with E-state index < -0.39 is 18.1 Å². The molecule has 0 aromatic rings. The number of halogens is 3. The van der Waals surface area contributed by atoms with Crippen molar-refractivity contribution in [3.05, 3.63) is 0 Å². The fourth-order valence-electron chi connectivity index (χ4n) is 0.828. The third-order valence-electron chi connectivity index (χ3n) is 1.49. The van der Waals surface area contributed by atoms with Crippen molar-refractivity contribution in [1.29, 1.82) is 0 Å². The molecule has 2 atom stereocenters. The Balaban J connectivity index is 2.31. The van der Waals surface area contributed by atoms with Crippen LogP contribution in [0.25, 0.3) is 0 Å². The predicted molar refractivity (Wildman–Crippen MR) is 27.1 cm³/mol. The Morgan fingerprint density at radius 1 is 1.50 bits per heavy atom. The van der Waals surface area contributed by atoms with E-state index in [-0.39, 0.29) is 6.42 Å². The quantitative estimate of drug-likeness (QED) is 0.581. The molecule has 0 aromatic heterocycles. The summed E-state index contributed by atoms with van der Waals surface area (Å²) in [5.41, 5.74) is 0. The van der Waals surface area contributed by atoms with Crippen molar-refractivity contribution in [3.8, 4) is 0 Å². The van der Waals surface area contributed by atoms with Crippen molar-refractivity contribution in [2.75, 3.05) is 0 Å². The molecule has 1 saturated carbocycles. The highest BCUT2D eigenvalue weighted by Crippen LogP contribution is 2.44. The van der Waals surface area contributed by atoms with Crippen LogP contribution >= 0.6 is 0 Å². The molecule has 1 N–H and O–H groups in total. The van der Waals surface area contributed by atoms with Gasteiger partial charge in [0.15, 0.2) is 0 Å². The summed E-state index contributed by atoms with van der Waals surface area (Å²) in [6.07, 6.45) is -3.81. The summed E-state index contributed by atoms with van der Waals surface area (Å²) in [4.78, 5) is 9.65. The standard InChI is InChI=1S/C5H6F3NO/c6-5(7,8)3-1-4(3)9-2-10/h2-4H,1H2,(H,9,10)/t3-,4-/m1/s1. The van der Waals surface area contributed by atoms with E-state index in [0.29, 0.717) is 6.41 Å². The van der Waals surface area contributed by atoms with Gasteiger partial charge in [0.05, 0.1) is 5.92 Å². The molecule has 0 aromatic carbocycles. The van der Waals surface area contributed by atoms with E-state index >= 15 is 0 Å². The zero-order valence-electron chi connectivity index (χ0n) is 4.98. The van der Waals surface area contributed by atoms with Crippen LogP contribution in [0.15, 0.2) is 0 Å². The number of amides is 1. The molecule has 0 heterocycles. The molecule has 0 aliphatic heterocycles. The minimum absolute atomic E-state index is 0.0300. The SMILES string of the molecule is O=CN[C@@H]1C[C@H]1C(F)(F)F. The maximum Gasteiger partial charge on any atom is 0.393 e. The van der Waals surface area contributed by atoms with Gasteiger partial charge in [-0.2, -0.15) is 13.2 Å². The summed E-state index contributed by atoms with van der Waals surface area (Å²) in [5, 5.41) is 2.08. The van der Waals surface area contributed by atoms with Crippen LogP contribution in [-0.2, 0) is 4.79 Å². The van der Waals surface area contributed by atoms with Gasteiger partial charge in [-0.15, -0.1) is 0 Å². The molecule has 1 fully saturated rings. The molecular formula is C5H6F3NO.